The lowest BCUT2D eigenvalue weighted by Crippen LogP contribution is -2.37. The van der Waals surface area contributed by atoms with Crippen LogP contribution in [0.1, 0.15) is 30.9 Å². The second kappa shape index (κ2) is 9.23. The molecule has 1 aliphatic heterocycles. The first kappa shape index (κ1) is 20.9. The molecule has 2 heterocycles. The highest BCUT2D eigenvalue weighted by Gasteiger charge is 2.43. The predicted octanol–water partition coefficient (Wildman–Crippen LogP) is 4.30. The van der Waals surface area contributed by atoms with Gasteiger partial charge in [0, 0.05) is 17.8 Å². The second-order valence-electron chi connectivity index (χ2n) is 7.29. The van der Waals surface area contributed by atoms with Crippen molar-refractivity contribution in [3.05, 3.63) is 59.0 Å². The van der Waals surface area contributed by atoms with Crippen molar-refractivity contribution in [3.63, 3.8) is 0 Å². The zero-order chi connectivity index (χ0) is 21.8. The fourth-order valence-electron chi connectivity index (χ4n) is 3.94. The Morgan fingerprint density at radius 1 is 1.29 bits per heavy atom. The van der Waals surface area contributed by atoms with Gasteiger partial charge in [0.15, 0.2) is 0 Å². The number of hydrogen-bond donors (Lipinski definition) is 1. The Morgan fingerprint density at radius 3 is 2.77 bits per heavy atom. The van der Waals surface area contributed by atoms with Gasteiger partial charge in [-0.05, 0) is 49.2 Å². The van der Waals surface area contributed by atoms with E-state index in [4.69, 9.17) is 9.15 Å². The Morgan fingerprint density at radius 2 is 2.10 bits per heavy atom. The lowest BCUT2D eigenvalue weighted by Gasteiger charge is -2.33. The number of Topliss-reactive ketones (excluding diaryl/α,β-unsaturated/α-hetero) is 1. The number of methoxy groups -OCH3 is 1. The molecule has 4 rings (SSSR count). The van der Waals surface area contributed by atoms with Crippen molar-refractivity contribution >= 4 is 34.9 Å². The number of nitrogens with zero attached hydrogens (tertiary/aromatic N) is 2. The number of nitrogens with one attached hydrogen (secondary N) is 1. The first-order valence-electron chi connectivity index (χ1n) is 9.95. The van der Waals surface area contributed by atoms with Crippen LogP contribution in [0.2, 0.25) is 0 Å². The average Bonchev–Trinajstić information content (AvgIpc) is 3.32. The number of aliphatic imine (C=N–C) groups is 1. The van der Waals surface area contributed by atoms with E-state index in [-0.39, 0.29) is 17.4 Å². The number of ether oxygens (including phenoxy) is 1. The van der Waals surface area contributed by atoms with Gasteiger partial charge in [0.05, 0.1) is 42.6 Å². The third kappa shape index (κ3) is 4.42. The monoisotopic (exact) mass is 435 g/mol. The third-order valence-electron chi connectivity index (χ3n) is 5.37. The van der Waals surface area contributed by atoms with E-state index in [1.807, 2.05) is 0 Å². The van der Waals surface area contributed by atoms with E-state index in [9.17, 15) is 14.9 Å². The molecule has 1 aliphatic carbocycles. The van der Waals surface area contributed by atoms with Gasteiger partial charge in [-0.25, -0.2) is 4.99 Å². The molecule has 1 saturated carbocycles. The van der Waals surface area contributed by atoms with Crippen molar-refractivity contribution in [2.24, 2.45) is 10.9 Å². The molecule has 1 amide bonds. The summed E-state index contributed by atoms with van der Waals surface area (Å²) in [5.41, 5.74) is 1.80. The lowest BCUT2D eigenvalue weighted by atomic mass is 9.72. The van der Waals surface area contributed by atoms with E-state index in [0.29, 0.717) is 40.6 Å². The molecule has 0 radical (unpaired) electrons. The van der Waals surface area contributed by atoms with Crippen molar-refractivity contribution in [2.75, 3.05) is 18.2 Å². The van der Waals surface area contributed by atoms with E-state index in [2.05, 4.69) is 16.4 Å². The highest BCUT2D eigenvalue weighted by atomic mass is 32.2. The molecule has 0 saturated heterocycles. The molecule has 2 aromatic rings. The SMILES string of the molecule is COc1ccc(NC(=O)CSC2=C(C#N)[C@H](c3ccco3)[C@@H]3C(=O)CCCC3=N2)cc1. The maximum Gasteiger partial charge on any atom is 0.234 e. The number of ketones is 1. The molecule has 0 bridgehead atoms. The quantitative estimate of drug-likeness (QED) is 0.725. The highest BCUT2D eigenvalue weighted by Crippen LogP contribution is 2.45. The molecule has 158 valence electrons. The maximum absolute atomic E-state index is 12.7. The topological polar surface area (TPSA) is 105 Å². The largest absolute Gasteiger partial charge is 0.497 e. The van der Waals surface area contributed by atoms with Crippen molar-refractivity contribution in [2.45, 2.75) is 25.2 Å². The van der Waals surface area contributed by atoms with Gasteiger partial charge in [-0.15, -0.1) is 0 Å². The number of rotatable bonds is 6. The van der Waals surface area contributed by atoms with Crippen LogP contribution in [0.5, 0.6) is 5.75 Å². The summed E-state index contributed by atoms with van der Waals surface area (Å²) < 4.78 is 10.7. The molecule has 1 N–H and O–H groups in total. The van der Waals surface area contributed by atoms with Gasteiger partial charge >= 0.3 is 0 Å². The van der Waals surface area contributed by atoms with Crippen LogP contribution in [-0.2, 0) is 9.59 Å². The highest BCUT2D eigenvalue weighted by molar-refractivity contribution is 8.03. The summed E-state index contributed by atoms with van der Waals surface area (Å²) in [6.07, 6.45) is 3.47. The van der Waals surface area contributed by atoms with Gasteiger partial charge < -0.3 is 14.5 Å². The van der Waals surface area contributed by atoms with E-state index in [1.165, 1.54) is 18.0 Å². The summed E-state index contributed by atoms with van der Waals surface area (Å²) in [5, 5.41) is 13.2. The number of nitriles is 1. The minimum atomic E-state index is -0.493. The minimum Gasteiger partial charge on any atom is -0.497 e. The van der Waals surface area contributed by atoms with Gasteiger partial charge in [-0.1, -0.05) is 11.8 Å². The first-order valence-corrected chi connectivity index (χ1v) is 10.9. The van der Waals surface area contributed by atoms with Gasteiger partial charge in [-0.3, -0.25) is 9.59 Å². The number of hydrogen-bond acceptors (Lipinski definition) is 7. The normalized spacial score (nSPS) is 20.5. The Hall–Kier alpha value is -3.31. The van der Waals surface area contributed by atoms with Crippen LogP contribution >= 0.6 is 11.8 Å². The molecule has 0 spiro atoms. The number of furan rings is 1. The molecular weight excluding hydrogens is 414 g/mol. The van der Waals surface area contributed by atoms with Gasteiger partial charge in [-0.2, -0.15) is 5.26 Å². The molecule has 2 aliphatic rings. The van der Waals surface area contributed by atoms with Crippen molar-refractivity contribution in [3.8, 4) is 11.8 Å². The van der Waals surface area contributed by atoms with E-state index in [1.54, 1.807) is 43.5 Å². The summed E-state index contributed by atoms with van der Waals surface area (Å²) in [4.78, 5) is 29.8. The number of amides is 1. The van der Waals surface area contributed by atoms with E-state index in [0.717, 1.165) is 12.1 Å². The number of carbonyl (C=O) groups is 2. The predicted molar refractivity (Wildman–Crippen MR) is 118 cm³/mol. The van der Waals surface area contributed by atoms with Crippen molar-refractivity contribution in [1.82, 2.24) is 0 Å². The van der Waals surface area contributed by atoms with Crippen LogP contribution in [0.25, 0.3) is 0 Å². The molecule has 8 heteroatoms. The summed E-state index contributed by atoms with van der Waals surface area (Å²) in [7, 11) is 1.58. The fraction of sp³-hybridized carbons (Fsp3) is 0.304. The van der Waals surface area contributed by atoms with Crippen LogP contribution in [0, 0.1) is 17.2 Å². The Balaban J connectivity index is 1.54. The summed E-state index contributed by atoms with van der Waals surface area (Å²) in [5.74, 6) is 0.281. The van der Waals surface area contributed by atoms with Crippen molar-refractivity contribution in [1.29, 1.82) is 5.26 Å². The fourth-order valence-corrected chi connectivity index (χ4v) is 4.79. The maximum atomic E-state index is 12.7. The number of allylic oxidation sites excluding steroid dienone is 1. The van der Waals surface area contributed by atoms with Crippen LogP contribution in [0.15, 0.2) is 62.7 Å². The number of carbonyl (C=O) groups excluding carboxylic acids is 2. The van der Waals surface area contributed by atoms with Crippen LogP contribution in [0.3, 0.4) is 0 Å². The van der Waals surface area contributed by atoms with Gasteiger partial charge in [0.2, 0.25) is 5.91 Å². The number of thioether (sulfide) groups is 1. The second-order valence-corrected chi connectivity index (χ2v) is 8.25. The summed E-state index contributed by atoms with van der Waals surface area (Å²) in [6, 6.07) is 12.8. The standard InChI is InChI=1S/C23H21N3O4S/c1-29-15-9-7-14(8-10-15)25-20(28)13-31-23-16(12-24)21(19-6-3-11-30-19)22-17(26-23)4-2-5-18(22)27/h3,6-11,21-22H,2,4-5,13H2,1H3,(H,25,28)/t21-,22+/m1/s1. The molecule has 7 nitrogen and oxygen atoms in total. The summed E-state index contributed by atoms with van der Waals surface area (Å²) >= 11 is 1.20. The number of anilines is 1. The molecule has 1 fully saturated rings. The Bertz CT molecular complexity index is 1080. The minimum absolute atomic E-state index is 0.0837. The average molecular weight is 436 g/mol. The molecule has 0 unspecified atom stereocenters. The molecular formula is C23H21N3O4S. The van der Waals surface area contributed by atoms with Crippen LogP contribution < -0.4 is 10.1 Å². The molecule has 1 aromatic heterocycles. The third-order valence-corrected chi connectivity index (χ3v) is 6.36. The van der Waals surface area contributed by atoms with Gasteiger partial charge in [0.25, 0.3) is 0 Å². The van der Waals surface area contributed by atoms with Crippen molar-refractivity contribution < 1.29 is 18.7 Å². The molecule has 1 aromatic carbocycles. The first-order chi connectivity index (χ1) is 15.1. The smallest absolute Gasteiger partial charge is 0.234 e. The zero-order valence-corrected chi connectivity index (χ0v) is 17.8. The summed E-state index contributed by atoms with van der Waals surface area (Å²) in [6.45, 7) is 0. The van der Waals surface area contributed by atoms with Crippen LogP contribution in [0.4, 0.5) is 5.69 Å². The Kier molecular flexibility index (Phi) is 6.23. The molecule has 2 atom stereocenters. The molecule has 31 heavy (non-hydrogen) atoms. The zero-order valence-electron chi connectivity index (χ0n) is 17.0. The van der Waals surface area contributed by atoms with Gasteiger partial charge in [0.1, 0.15) is 22.3 Å². The number of fused-ring (bicyclic) bond motifs is 1. The van der Waals surface area contributed by atoms with E-state index < -0.39 is 11.8 Å². The number of benzene rings is 1. The van der Waals surface area contributed by atoms with E-state index >= 15 is 0 Å². The Labute approximate surface area is 184 Å². The van der Waals surface area contributed by atoms with Crippen LogP contribution in [-0.4, -0.2) is 30.3 Å². The lowest BCUT2D eigenvalue weighted by molar-refractivity contribution is -0.122.